The van der Waals surface area contributed by atoms with E-state index in [4.69, 9.17) is 4.42 Å². The lowest BCUT2D eigenvalue weighted by molar-refractivity contribution is 0.530. The third-order valence-electron chi connectivity index (χ3n) is 2.58. The summed E-state index contributed by atoms with van der Waals surface area (Å²) in [6.45, 7) is 0. The van der Waals surface area contributed by atoms with Gasteiger partial charge in [0.05, 0.1) is 12.0 Å². The molecule has 98 valence electrons. The normalized spacial score (nSPS) is 17.7. The number of aromatic nitrogens is 3. The van der Waals surface area contributed by atoms with Crippen LogP contribution in [-0.2, 0) is 10.5 Å². The van der Waals surface area contributed by atoms with Gasteiger partial charge in [0.1, 0.15) is 5.76 Å². The molecule has 0 atom stereocenters. The molecule has 2 aromatic rings. The molecule has 0 bridgehead atoms. The van der Waals surface area contributed by atoms with E-state index in [1.165, 1.54) is 11.8 Å². The summed E-state index contributed by atoms with van der Waals surface area (Å²) >= 11 is 1.47. The maximum absolute atomic E-state index is 11.3. The van der Waals surface area contributed by atoms with Crippen molar-refractivity contribution in [2.45, 2.75) is 16.1 Å². The average Bonchev–Trinajstić information content (AvgIpc) is 3.17. The molecule has 0 fully saturated rings. The molecule has 0 radical (unpaired) electrons. The molecule has 5 nitrogen and oxygen atoms in total. The van der Waals surface area contributed by atoms with Crippen LogP contribution in [-0.4, -0.2) is 20.8 Å². The summed E-state index contributed by atoms with van der Waals surface area (Å²) in [5.74, 6) is 1.54. The second-order valence-corrected chi connectivity index (χ2v) is 7.40. The van der Waals surface area contributed by atoms with Crippen LogP contribution in [0.5, 0.6) is 0 Å². The zero-order valence-corrected chi connectivity index (χ0v) is 11.5. The number of H-pyrrole nitrogens is 1. The summed E-state index contributed by atoms with van der Waals surface area (Å²) in [4.78, 5) is 15.7. The van der Waals surface area contributed by atoms with Crippen LogP contribution in [0.3, 0.4) is 0 Å². The van der Waals surface area contributed by atoms with E-state index in [1.807, 2.05) is 35.1 Å². The minimum Gasteiger partial charge on any atom is -0.468 e. The van der Waals surface area contributed by atoms with Gasteiger partial charge >= 0.3 is 0 Å². The number of hydrogen-bond donors (Lipinski definition) is 1. The molecular formula is C12H11N3O2S2. The van der Waals surface area contributed by atoms with Crippen LogP contribution in [0.2, 0.25) is 0 Å². The lowest BCUT2D eigenvalue weighted by Gasteiger charge is -2.19. The Kier molecular flexibility index (Phi) is 3.31. The number of nitrogens with one attached hydrogen (secondary N) is 1. The first-order valence-electron chi connectivity index (χ1n) is 5.53. The standard InChI is InChI=1S/C12H11N3O2S2/c16-9-19(6-1-2-7-19)12-13-11(14-15-12)18-8-10-4-3-5-17-10/h1-7,9H,8H2,(H,13,14,15). The first kappa shape index (κ1) is 12.3. The van der Waals surface area contributed by atoms with Gasteiger partial charge in [0.15, 0.2) is 10.8 Å². The van der Waals surface area contributed by atoms with Crippen molar-refractivity contribution in [1.82, 2.24) is 15.2 Å². The molecule has 1 aliphatic rings. The fourth-order valence-electron chi connectivity index (χ4n) is 1.62. The van der Waals surface area contributed by atoms with Crippen molar-refractivity contribution in [3.05, 3.63) is 47.1 Å². The number of hydrogen-bond acceptors (Lipinski definition) is 5. The van der Waals surface area contributed by atoms with Gasteiger partial charge in [0.25, 0.3) is 0 Å². The molecular weight excluding hydrogens is 282 g/mol. The first-order valence-corrected chi connectivity index (χ1v) is 8.34. The Labute approximate surface area is 115 Å². The molecule has 0 unspecified atom stereocenters. The molecule has 0 saturated heterocycles. The highest BCUT2D eigenvalue weighted by Gasteiger charge is 2.26. The van der Waals surface area contributed by atoms with Crippen LogP contribution in [0.1, 0.15) is 5.76 Å². The fourth-order valence-corrected chi connectivity index (χ4v) is 4.10. The van der Waals surface area contributed by atoms with Crippen molar-refractivity contribution in [3.8, 4) is 0 Å². The number of nitrogens with zero attached hydrogens (tertiary/aromatic N) is 2. The molecule has 3 heterocycles. The highest BCUT2D eigenvalue weighted by atomic mass is 32.3. The van der Waals surface area contributed by atoms with Gasteiger partial charge in [-0.05, 0) is 22.9 Å². The monoisotopic (exact) mass is 293 g/mol. The van der Waals surface area contributed by atoms with Crippen molar-refractivity contribution in [2.24, 2.45) is 0 Å². The lowest BCUT2D eigenvalue weighted by atomic mass is 10.5. The van der Waals surface area contributed by atoms with E-state index in [0.29, 0.717) is 16.1 Å². The summed E-state index contributed by atoms with van der Waals surface area (Å²) in [6, 6.07) is 3.75. The molecule has 7 heteroatoms. The van der Waals surface area contributed by atoms with Crippen molar-refractivity contribution >= 4 is 27.4 Å². The van der Waals surface area contributed by atoms with E-state index < -0.39 is 10.0 Å². The van der Waals surface area contributed by atoms with Gasteiger partial charge in [-0.25, -0.2) is 0 Å². The number of furan rings is 1. The Bertz CT molecular complexity index is 619. The van der Waals surface area contributed by atoms with Crippen LogP contribution in [0, 0.1) is 0 Å². The predicted octanol–water partition coefficient (Wildman–Crippen LogP) is 3.08. The Morgan fingerprint density at radius 3 is 2.95 bits per heavy atom. The first-order chi connectivity index (χ1) is 9.32. The molecule has 0 saturated carbocycles. The molecule has 0 aromatic carbocycles. The zero-order chi connectivity index (χ0) is 13.1. The Morgan fingerprint density at radius 2 is 2.26 bits per heavy atom. The number of carbonyl (C=O) groups is 1. The third kappa shape index (κ3) is 2.39. The largest absolute Gasteiger partial charge is 0.468 e. The second-order valence-electron chi connectivity index (χ2n) is 3.81. The molecule has 1 N–H and O–H groups in total. The molecule has 1 aliphatic heterocycles. The van der Waals surface area contributed by atoms with Crippen LogP contribution < -0.4 is 0 Å². The number of rotatable bonds is 5. The highest BCUT2D eigenvalue weighted by molar-refractivity contribution is 8.48. The lowest BCUT2D eigenvalue weighted by Crippen LogP contribution is -1.95. The minimum atomic E-state index is -1.74. The summed E-state index contributed by atoms with van der Waals surface area (Å²) in [7, 11) is -1.74. The van der Waals surface area contributed by atoms with E-state index in [-0.39, 0.29) is 0 Å². The SMILES string of the molecule is O=CS1(c2nc(SCc3ccco3)n[nH]2)C=CC=C1. The van der Waals surface area contributed by atoms with Gasteiger partial charge in [0.2, 0.25) is 5.16 Å². The maximum Gasteiger partial charge on any atom is 0.209 e. The quantitative estimate of drug-likeness (QED) is 0.677. The van der Waals surface area contributed by atoms with Gasteiger partial charge in [0, 0.05) is 0 Å². The van der Waals surface area contributed by atoms with Crippen LogP contribution in [0.4, 0.5) is 0 Å². The van der Waals surface area contributed by atoms with Gasteiger partial charge in [-0.2, -0.15) is 4.98 Å². The Balaban J connectivity index is 1.74. The van der Waals surface area contributed by atoms with Crippen molar-refractivity contribution < 1.29 is 9.21 Å². The van der Waals surface area contributed by atoms with Crippen molar-refractivity contribution in [3.63, 3.8) is 0 Å². The fraction of sp³-hybridized carbons (Fsp3) is 0.0833. The van der Waals surface area contributed by atoms with E-state index in [0.717, 1.165) is 11.4 Å². The number of allylic oxidation sites excluding steroid dienone is 2. The number of carbonyl (C=O) groups excluding carboxylic acids is 1. The summed E-state index contributed by atoms with van der Waals surface area (Å²) < 4.78 is 5.24. The molecule has 19 heavy (non-hydrogen) atoms. The average molecular weight is 293 g/mol. The topological polar surface area (TPSA) is 71.8 Å². The van der Waals surface area contributed by atoms with E-state index in [2.05, 4.69) is 15.2 Å². The van der Waals surface area contributed by atoms with Crippen LogP contribution in [0.25, 0.3) is 0 Å². The predicted molar refractivity (Wildman–Crippen MR) is 75.5 cm³/mol. The molecule has 0 aliphatic carbocycles. The molecule has 0 spiro atoms. The van der Waals surface area contributed by atoms with Gasteiger partial charge < -0.3 is 4.42 Å². The number of thioether (sulfide) groups is 1. The minimum absolute atomic E-state index is 0.619. The summed E-state index contributed by atoms with van der Waals surface area (Å²) in [6.07, 6.45) is 5.36. The molecule has 3 rings (SSSR count). The smallest absolute Gasteiger partial charge is 0.209 e. The summed E-state index contributed by atoms with van der Waals surface area (Å²) in [5.41, 5.74) is 0.939. The zero-order valence-electron chi connectivity index (χ0n) is 9.85. The second kappa shape index (κ2) is 5.10. The van der Waals surface area contributed by atoms with E-state index in [9.17, 15) is 4.79 Å². The van der Waals surface area contributed by atoms with Gasteiger partial charge in [-0.1, -0.05) is 33.9 Å². The Hall–Kier alpha value is -1.73. The molecule has 2 aromatic heterocycles. The molecule has 0 amide bonds. The van der Waals surface area contributed by atoms with Crippen molar-refractivity contribution in [2.75, 3.05) is 0 Å². The Morgan fingerprint density at radius 1 is 1.42 bits per heavy atom. The highest BCUT2D eigenvalue weighted by Crippen LogP contribution is 2.56. The van der Waals surface area contributed by atoms with E-state index in [1.54, 1.807) is 6.26 Å². The van der Waals surface area contributed by atoms with Gasteiger partial charge in [-0.15, -0.1) is 5.10 Å². The van der Waals surface area contributed by atoms with E-state index >= 15 is 0 Å². The van der Waals surface area contributed by atoms with Gasteiger partial charge in [-0.3, -0.25) is 9.89 Å². The maximum atomic E-state index is 11.3. The third-order valence-corrected chi connectivity index (χ3v) is 5.84. The van der Waals surface area contributed by atoms with Crippen molar-refractivity contribution in [1.29, 1.82) is 0 Å². The number of aromatic amines is 1. The van der Waals surface area contributed by atoms with Crippen LogP contribution >= 0.6 is 21.8 Å². The summed E-state index contributed by atoms with van der Waals surface area (Å²) in [5, 5.41) is 12.0. The van der Waals surface area contributed by atoms with Crippen LogP contribution in [0.15, 0.2) is 56.1 Å².